The summed E-state index contributed by atoms with van der Waals surface area (Å²) in [5, 5.41) is 9.99. The van der Waals surface area contributed by atoms with E-state index in [9.17, 15) is 18.7 Å². The quantitative estimate of drug-likeness (QED) is 0.683. The van der Waals surface area contributed by atoms with Gasteiger partial charge in [-0.1, -0.05) is 13.8 Å². The molecular formula is C12H13BrF2O2. The minimum absolute atomic E-state index is 0.00296. The van der Waals surface area contributed by atoms with Crippen LogP contribution in [0.5, 0.6) is 0 Å². The predicted molar refractivity (Wildman–Crippen MR) is 63.9 cm³/mol. The normalized spacial score (nSPS) is 11.6. The van der Waals surface area contributed by atoms with E-state index in [1.54, 1.807) is 13.8 Å². The average Bonchev–Trinajstić information content (AvgIpc) is 2.33. The van der Waals surface area contributed by atoms with Crippen LogP contribution >= 0.6 is 15.9 Å². The van der Waals surface area contributed by atoms with Crippen LogP contribution in [0.1, 0.15) is 37.0 Å². The van der Waals surface area contributed by atoms with E-state index in [1.165, 1.54) is 6.07 Å². The molecule has 0 spiro atoms. The van der Waals surface area contributed by atoms with Gasteiger partial charge in [-0.05, 0) is 40.9 Å². The maximum absolute atomic E-state index is 13.7. The van der Waals surface area contributed by atoms with Gasteiger partial charge in [-0.2, -0.15) is 0 Å². The monoisotopic (exact) mass is 306 g/mol. The molecule has 17 heavy (non-hydrogen) atoms. The van der Waals surface area contributed by atoms with E-state index < -0.39 is 28.6 Å². The van der Waals surface area contributed by atoms with Crippen LogP contribution in [0, 0.1) is 11.6 Å². The molecule has 1 rings (SSSR count). The summed E-state index contributed by atoms with van der Waals surface area (Å²) >= 11 is 2.88. The summed E-state index contributed by atoms with van der Waals surface area (Å²) in [5.74, 6) is -2.86. The number of rotatable bonds is 4. The third-order valence-electron chi connectivity index (χ3n) is 2.86. The fourth-order valence-corrected chi connectivity index (χ4v) is 1.87. The van der Waals surface area contributed by atoms with Crippen LogP contribution in [-0.4, -0.2) is 16.5 Å². The van der Waals surface area contributed by atoms with Gasteiger partial charge in [0.15, 0.2) is 11.6 Å². The Morgan fingerprint density at radius 1 is 1.35 bits per heavy atom. The van der Waals surface area contributed by atoms with Crippen LogP contribution in [0.2, 0.25) is 0 Å². The van der Waals surface area contributed by atoms with E-state index in [-0.39, 0.29) is 17.3 Å². The van der Waals surface area contributed by atoms with Crippen LogP contribution in [0.3, 0.4) is 0 Å². The van der Waals surface area contributed by atoms with Crippen molar-refractivity contribution in [3.63, 3.8) is 0 Å². The van der Waals surface area contributed by atoms with Crippen molar-refractivity contribution in [3.8, 4) is 0 Å². The average molecular weight is 307 g/mol. The number of ketones is 1. The highest BCUT2D eigenvalue weighted by atomic mass is 79.9. The molecule has 0 saturated heterocycles. The molecule has 1 N–H and O–H groups in total. The zero-order valence-electron chi connectivity index (χ0n) is 9.56. The lowest BCUT2D eigenvalue weighted by Gasteiger charge is -2.24. The highest BCUT2D eigenvalue weighted by molar-refractivity contribution is 9.10. The van der Waals surface area contributed by atoms with Gasteiger partial charge in [0, 0.05) is 0 Å². The predicted octanol–water partition coefficient (Wildman–Crippen LogP) is 3.46. The summed E-state index contributed by atoms with van der Waals surface area (Å²) in [6.07, 6.45) is 0.210. The van der Waals surface area contributed by atoms with Crippen molar-refractivity contribution in [2.24, 2.45) is 0 Å². The number of benzene rings is 1. The molecule has 0 radical (unpaired) electrons. The molecule has 0 aromatic heterocycles. The van der Waals surface area contributed by atoms with Gasteiger partial charge in [-0.25, -0.2) is 8.78 Å². The van der Waals surface area contributed by atoms with Crippen LogP contribution in [0.4, 0.5) is 8.78 Å². The fraction of sp³-hybridized carbons (Fsp3) is 0.417. The molecule has 0 unspecified atom stereocenters. The van der Waals surface area contributed by atoms with E-state index in [2.05, 4.69) is 15.9 Å². The van der Waals surface area contributed by atoms with Crippen molar-refractivity contribution in [1.82, 2.24) is 0 Å². The Labute approximate surface area is 107 Å². The Hall–Kier alpha value is -0.810. The Morgan fingerprint density at radius 2 is 1.88 bits per heavy atom. The summed E-state index contributed by atoms with van der Waals surface area (Å²) in [6.45, 7) is 3.18. The van der Waals surface area contributed by atoms with Gasteiger partial charge in [0.25, 0.3) is 0 Å². The lowest BCUT2D eigenvalue weighted by molar-refractivity contribution is 0.0269. The first-order valence-corrected chi connectivity index (χ1v) is 6.07. The molecule has 0 fully saturated rings. The molecule has 0 bridgehead atoms. The van der Waals surface area contributed by atoms with E-state index in [1.807, 2.05) is 0 Å². The first kappa shape index (κ1) is 14.3. The van der Waals surface area contributed by atoms with Gasteiger partial charge < -0.3 is 5.11 Å². The summed E-state index contributed by atoms with van der Waals surface area (Å²) in [4.78, 5) is 12.0. The topological polar surface area (TPSA) is 37.3 Å². The molecule has 0 aliphatic rings. The SMILES string of the molecule is CCC(O)(CC)C(=O)c1c(F)ccc(Br)c1F. The van der Waals surface area contributed by atoms with Gasteiger partial charge in [0.1, 0.15) is 11.4 Å². The number of carbonyl (C=O) groups is 1. The van der Waals surface area contributed by atoms with E-state index >= 15 is 0 Å². The molecule has 0 aliphatic heterocycles. The van der Waals surface area contributed by atoms with Crippen LogP contribution in [-0.2, 0) is 0 Å². The van der Waals surface area contributed by atoms with Crippen molar-refractivity contribution >= 4 is 21.7 Å². The number of Topliss-reactive ketones (excluding diaryl/α,β-unsaturated/α-hetero) is 1. The van der Waals surface area contributed by atoms with Crippen LogP contribution in [0.25, 0.3) is 0 Å². The highest BCUT2D eigenvalue weighted by Gasteiger charge is 2.36. The lowest BCUT2D eigenvalue weighted by Crippen LogP contribution is -2.38. The molecular weight excluding hydrogens is 294 g/mol. The minimum Gasteiger partial charge on any atom is -0.382 e. The Morgan fingerprint density at radius 3 is 2.35 bits per heavy atom. The van der Waals surface area contributed by atoms with Crippen molar-refractivity contribution < 1.29 is 18.7 Å². The molecule has 0 atom stereocenters. The second-order valence-electron chi connectivity index (χ2n) is 3.79. The van der Waals surface area contributed by atoms with Crippen molar-refractivity contribution in [2.75, 3.05) is 0 Å². The number of hydrogen-bond acceptors (Lipinski definition) is 2. The zero-order chi connectivity index (χ0) is 13.2. The van der Waals surface area contributed by atoms with Gasteiger partial charge in [-0.3, -0.25) is 4.79 Å². The van der Waals surface area contributed by atoms with E-state index in [0.717, 1.165) is 6.07 Å². The third-order valence-corrected chi connectivity index (χ3v) is 3.48. The summed E-state index contributed by atoms with van der Waals surface area (Å²) in [5.41, 5.74) is -2.41. The largest absolute Gasteiger partial charge is 0.382 e. The fourth-order valence-electron chi connectivity index (χ4n) is 1.54. The molecule has 1 aromatic carbocycles. The molecule has 0 heterocycles. The van der Waals surface area contributed by atoms with Crippen LogP contribution < -0.4 is 0 Å². The van der Waals surface area contributed by atoms with E-state index in [0.29, 0.717) is 0 Å². The molecule has 0 amide bonds. The van der Waals surface area contributed by atoms with Crippen LogP contribution in [0.15, 0.2) is 16.6 Å². The van der Waals surface area contributed by atoms with Crippen molar-refractivity contribution in [3.05, 3.63) is 33.8 Å². The van der Waals surface area contributed by atoms with Crippen molar-refractivity contribution in [2.45, 2.75) is 32.3 Å². The third kappa shape index (κ3) is 2.55. The van der Waals surface area contributed by atoms with Gasteiger partial charge in [0.2, 0.25) is 0 Å². The van der Waals surface area contributed by atoms with E-state index in [4.69, 9.17) is 0 Å². The molecule has 1 aromatic rings. The van der Waals surface area contributed by atoms with Gasteiger partial charge in [-0.15, -0.1) is 0 Å². The maximum Gasteiger partial charge on any atom is 0.200 e. The first-order valence-electron chi connectivity index (χ1n) is 5.28. The van der Waals surface area contributed by atoms with Gasteiger partial charge >= 0.3 is 0 Å². The number of hydrogen-bond donors (Lipinski definition) is 1. The number of halogens is 3. The molecule has 0 saturated carbocycles. The smallest absolute Gasteiger partial charge is 0.200 e. The summed E-state index contributed by atoms with van der Waals surface area (Å²) < 4.78 is 27.2. The Bertz CT molecular complexity index is 442. The van der Waals surface area contributed by atoms with Gasteiger partial charge in [0.05, 0.1) is 10.0 Å². The minimum atomic E-state index is -1.72. The molecule has 2 nitrogen and oxygen atoms in total. The Kier molecular flexibility index (Phi) is 4.38. The second kappa shape index (κ2) is 5.23. The Balaban J connectivity index is 3.35. The standard InChI is InChI=1S/C12H13BrF2O2/c1-3-12(17,4-2)11(16)9-8(14)6-5-7(13)10(9)15/h5-6,17H,3-4H2,1-2H3. The maximum atomic E-state index is 13.7. The lowest BCUT2D eigenvalue weighted by atomic mass is 9.87. The zero-order valence-corrected chi connectivity index (χ0v) is 11.1. The number of aliphatic hydroxyl groups is 1. The molecule has 0 aliphatic carbocycles. The molecule has 94 valence electrons. The summed E-state index contributed by atoms with van der Waals surface area (Å²) in [6, 6.07) is 2.17. The molecule has 5 heteroatoms. The highest BCUT2D eigenvalue weighted by Crippen LogP contribution is 2.28. The second-order valence-corrected chi connectivity index (χ2v) is 4.64. The number of carbonyl (C=O) groups excluding carboxylic acids is 1. The summed E-state index contributed by atoms with van der Waals surface area (Å²) in [7, 11) is 0. The first-order chi connectivity index (χ1) is 7.87. The van der Waals surface area contributed by atoms with Crippen molar-refractivity contribution in [1.29, 1.82) is 0 Å².